The van der Waals surface area contributed by atoms with Gasteiger partial charge in [0.2, 0.25) is 11.8 Å². The molecule has 0 bridgehead atoms. The Balaban J connectivity index is 2.37. The number of benzene rings is 1. The van der Waals surface area contributed by atoms with Crippen molar-refractivity contribution in [2.45, 2.75) is 58.7 Å². The maximum absolute atomic E-state index is 12.7. The average molecular weight is 288 g/mol. The second-order valence-electron chi connectivity index (χ2n) is 5.91. The van der Waals surface area contributed by atoms with Gasteiger partial charge in [0, 0.05) is 6.54 Å². The molecule has 1 aromatic rings. The van der Waals surface area contributed by atoms with Crippen LogP contribution in [0, 0.1) is 6.92 Å². The standard InChI is InChI=1S/C17H24N2O2/c1-5-14-15(20)19(17(4,6-2)16(21)18-14)11-13-10-8-7-9-12(13)3/h7-10,14H,5-6,11H2,1-4H3,(H,18,21). The van der Waals surface area contributed by atoms with Crippen LogP contribution in [-0.2, 0) is 16.1 Å². The Morgan fingerprint density at radius 3 is 2.48 bits per heavy atom. The lowest BCUT2D eigenvalue weighted by molar-refractivity contribution is -0.157. The van der Waals surface area contributed by atoms with E-state index in [9.17, 15) is 9.59 Å². The first-order valence-corrected chi connectivity index (χ1v) is 7.61. The molecule has 0 saturated carbocycles. The van der Waals surface area contributed by atoms with E-state index in [1.165, 1.54) is 0 Å². The molecule has 2 atom stereocenters. The summed E-state index contributed by atoms with van der Waals surface area (Å²) in [6.07, 6.45) is 1.22. The van der Waals surface area contributed by atoms with Gasteiger partial charge in [0.1, 0.15) is 11.6 Å². The number of aryl methyl sites for hydroxylation is 1. The summed E-state index contributed by atoms with van der Waals surface area (Å²) in [5, 5.41) is 2.86. The molecule has 0 aliphatic carbocycles. The molecule has 2 unspecified atom stereocenters. The number of hydrogen-bond donors (Lipinski definition) is 1. The monoisotopic (exact) mass is 288 g/mol. The van der Waals surface area contributed by atoms with Crippen LogP contribution in [0.1, 0.15) is 44.7 Å². The first-order valence-electron chi connectivity index (χ1n) is 7.61. The predicted octanol–water partition coefficient (Wildman–Crippen LogP) is 2.40. The summed E-state index contributed by atoms with van der Waals surface area (Å²) in [5.41, 5.74) is 1.46. The van der Waals surface area contributed by atoms with Crippen molar-refractivity contribution in [1.29, 1.82) is 0 Å². The molecule has 0 spiro atoms. The topological polar surface area (TPSA) is 49.4 Å². The van der Waals surface area contributed by atoms with Crippen LogP contribution in [0.25, 0.3) is 0 Å². The molecule has 1 fully saturated rings. The van der Waals surface area contributed by atoms with Crippen LogP contribution >= 0.6 is 0 Å². The average Bonchev–Trinajstić information content (AvgIpc) is 2.49. The van der Waals surface area contributed by atoms with Crippen LogP contribution in [-0.4, -0.2) is 28.3 Å². The van der Waals surface area contributed by atoms with Crippen molar-refractivity contribution in [3.8, 4) is 0 Å². The minimum atomic E-state index is -0.773. The molecule has 1 saturated heterocycles. The predicted molar refractivity (Wildman–Crippen MR) is 82.6 cm³/mol. The van der Waals surface area contributed by atoms with Crippen LogP contribution in [0.5, 0.6) is 0 Å². The van der Waals surface area contributed by atoms with Gasteiger partial charge in [0.15, 0.2) is 0 Å². The summed E-state index contributed by atoms with van der Waals surface area (Å²) >= 11 is 0. The molecular formula is C17H24N2O2. The second-order valence-corrected chi connectivity index (χ2v) is 5.91. The van der Waals surface area contributed by atoms with Crippen molar-refractivity contribution in [1.82, 2.24) is 10.2 Å². The number of hydrogen-bond acceptors (Lipinski definition) is 2. The molecule has 2 rings (SSSR count). The lowest BCUT2D eigenvalue weighted by Crippen LogP contribution is -2.68. The van der Waals surface area contributed by atoms with E-state index in [1.807, 2.05) is 52.0 Å². The SMILES string of the molecule is CCC1NC(=O)C(C)(CC)N(Cc2ccccc2C)C1=O. The first-order chi connectivity index (χ1) is 9.93. The zero-order valence-corrected chi connectivity index (χ0v) is 13.3. The third-order valence-electron chi connectivity index (χ3n) is 4.64. The number of carbonyl (C=O) groups is 2. The lowest BCUT2D eigenvalue weighted by atomic mass is 9.89. The van der Waals surface area contributed by atoms with Crippen molar-refractivity contribution in [3.63, 3.8) is 0 Å². The first kappa shape index (κ1) is 15.5. The van der Waals surface area contributed by atoms with Crippen LogP contribution in [0.15, 0.2) is 24.3 Å². The van der Waals surface area contributed by atoms with Gasteiger partial charge in [0.05, 0.1) is 0 Å². The van der Waals surface area contributed by atoms with E-state index in [0.29, 0.717) is 19.4 Å². The summed E-state index contributed by atoms with van der Waals surface area (Å²) in [5.74, 6) is -0.0327. The van der Waals surface area contributed by atoms with E-state index in [1.54, 1.807) is 4.90 Å². The largest absolute Gasteiger partial charge is 0.342 e. The highest BCUT2D eigenvalue weighted by molar-refractivity contribution is 5.99. The smallest absolute Gasteiger partial charge is 0.246 e. The summed E-state index contributed by atoms with van der Waals surface area (Å²) in [6, 6.07) is 7.60. The van der Waals surface area contributed by atoms with E-state index >= 15 is 0 Å². The highest BCUT2D eigenvalue weighted by atomic mass is 16.2. The molecule has 4 nitrogen and oxygen atoms in total. The summed E-state index contributed by atoms with van der Waals surface area (Å²) in [4.78, 5) is 26.9. The van der Waals surface area contributed by atoms with Gasteiger partial charge in [-0.2, -0.15) is 0 Å². The van der Waals surface area contributed by atoms with Gasteiger partial charge in [-0.05, 0) is 37.8 Å². The molecule has 0 radical (unpaired) electrons. The molecule has 114 valence electrons. The van der Waals surface area contributed by atoms with Gasteiger partial charge < -0.3 is 10.2 Å². The van der Waals surface area contributed by atoms with Gasteiger partial charge in [-0.1, -0.05) is 38.1 Å². The quantitative estimate of drug-likeness (QED) is 0.925. The molecule has 0 aromatic heterocycles. The van der Waals surface area contributed by atoms with E-state index < -0.39 is 11.6 Å². The Morgan fingerprint density at radius 2 is 1.90 bits per heavy atom. The summed E-state index contributed by atoms with van der Waals surface area (Å²) in [6.45, 7) is 8.24. The summed E-state index contributed by atoms with van der Waals surface area (Å²) < 4.78 is 0. The van der Waals surface area contributed by atoms with Gasteiger partial charge in [-0.25, -0.2) is 0 Å². The molecule has 1 N–H and O–H groups in total. The highest BCUT2D eigenvalue weighted by Crippen LogP contribution is 2.28. The maximum Gasteiger partial charge on any atom is 0.246 e. The Bertz CT molecular complexity index is 555. The number of amides is 2. The van der Waals surface area contributed by atoms with Gasteiger partial charge in [0.25, 0.3) is 0 Å². The molecule has 1 heterocycles. The molecular weight excluding hydrogens is 264 g/mol. The van der Waals surface area contributed by atoms with E-state index in [0.717, 1.165) is 11.1 Å². The third kappa shape index (κ3) is 2.67. The minimum absolute atomic E-state index is 0.0182. The fourth-order valence-electron chi connectivity index (χ4n) is 2.77. The highest BCUT2D eigenvalue weighted by Gasteiger charge is 2.47. The third-order valence-corrected chi connectivity index (χ3v) is 4.64. The van der Waals surface area contributed by atoms with Crippen LogP contribution in [0.2, 0.25) is 0 Å². The van der Waals surface area contributed by atoms with Crippen molar-refractivity contribution in [2.24, 2.45) is 0 Å². The Labute approximate surface area is 126 Å². The number of nitrogens with zero attached hydrogens (tertiary/aromatic N) is 1. The Hall–Kier alpha value is -1.84. The van der Waals surface area contributed by atoms with Crippen LogP contribution in [0.4, 0.5) is 0 Å². The number of rotatable bonds is 4. The molecule has 1 aliphatic rings. The fourth-order valence-corrected chi connectivity index (χ4v) is 2.77. The van der Waals surface area contributed by atoms with Gasteiger partial charge in [-0.15, -0.1) is 0 Å². The Morgan fingerprint density at radius 1 is 1.24 bits per heavy atom. The molecule has 4 heteroatoms. The van der Waals surface area contributed by atoms with Crippen molar-refractivity contribution in [3.05, 3.63) is 35.4 Å². The molecule has 21 heavy (non-hydrogen) atoms. The second kappa shape index (κ2) is 5.88. The minimum Gasteiger partial charge on any atom is -0.342 e. The van der Waals surface area contributed by atoms with Crippen molar-refractivity contribution in [2.75, 3.05) is 0 Å². The summed E-state index contributed by atoms with van der Waals surface area (Å²) in [7, 11) is 0. The van der Waals surface area contributed by atoms with Crippen molar-refractivity contribution < 1.29 is 9.59 Å². The number of nitrogens with one attached hydrogen (secondary N) is 1. The van der Waals surface area contributed by atoms with Gasteiger partial charge in [-0.3, -0.25) is 9.59 Å². The van der Waals surface area contributed by atoms with Gasteiger partial charge >= 0.3 is 0 Å². The molecule has 2 amide bonds. The fraction of sp³-hybridized carbons (Fsp3) is 0.529. The van der Waals surface area contributed by atoms with E-state index in [-0.39, 0.29) is 11.8 Å². The number of carbonyl (C=O) groups excluding carboxylic acids is 2. The molecule has 1 aliphatic heterocycles. The van der Waals surface area contributed by atoms with Crippen LogP contribution < -0.4 is 5.32 Å². The lowest BCUT2D eigenvalue weighted by Gasteiger charge is -2.46. The Kier molecular flexibility index (Phi) is 4.35. The van der Waals surface area contributed by atoms with Crippen LogP contribution in [0.3, 0.4) is 0 Å². The normalized spacial score (nSPS) is 25.9. The number of piperazine rings is 1. The van der Waals surface area contributed by atoms with E-state index in [2.05, 4.69) is 5.32 Å². The molecule has 1 aromatic carbocycles. The van der Waals surface area contributed by atoms with E-state index in [4.69, 9.17) is 0 Å². The zero-order chi connectivity index (χ0) is 15.6. The van der Waals surface area contributed by atoms with Crippen molar-refractivity contribution >= 4 is 11.8 Å². The zero-order valence-electron chi connectivity index (χ0n) is 13.3. The maximum atomic E-state index is 12.7.